The molecule has 0 saturated heterocycles. The summed E-state index contributed by atoms with van der Waals surface area (Å²) in [5.74, 6) is 0.804. The molecule has 0 aliphatic heterocycles. The zero-order valence-electron chi connectivity index (χ0n) is 10.4. The van der Waals surface area contributed by atoms with Crippen LogP contribution in [0.1, 0.15) is 47.0 Å². The van der Waals surface area contributed by atoms with Crippen molar-refractivity contribution >= 4 is 0 Å². The normalized spacial score (nSPS) is 14.4. The lowest BCUT2D eigenvalue weighted by molar-refractivity contribution is 0.204. The van der Waals surface area contributed by atoms with Crippen molar-refractivity contribution in [1.82, 2.24) is 5.32 Å². The smallest absolute Gasteiger partial charge is 0.00369 e. The number of rotatable bonds is 8. The summed E-state index contributed by atoms with van der Waals surface area (Å²) in [6.45, 7) is 12.3. The van der Waals surface area contributed by atoms with Crippen LogP contribution in [0.2, 0.25) is 0 Å². The van der Waals surface area contributed by atoms with Gasteiger partial charge in [0.05, 0.1) is 0 Å². The van der Waals surface area contributed by atoms with Crippen molar-refractivity contribution in [3.05, 3.63) is 0 Å². The first-order valence-corrected chi connectivity index (χ1v) is 5.95. The molecule has 0 aromatic heterocycles. The van der Waals surface area contributed by atoms with Crippen LogP contribution in [-0.2, 0) is 0 Å². The predicted octanol–water partition coefficient (Wildman–Crippen LogP) is 2.39. The maximum atomic E-state index is 5.43. The van der Waals surface area contributed by atoms with E-state index in [1.165, 1.54) is 12.8 Å². The molecule has 0 radical (unpaired) electrons. The molecule has 2 nitrogen and oxygen atoms in total. The molecule has 0 rings (SSSR count). The first-order chi connectivity index (χ1) is 6.54. The van der Waals surface area contributed by atoms with E-state index in [0.717, 1.165) is 32.0 Å². The van der Waals surface area contributed by atoms with Crippen LogP contribution in [-0.4, -0.2) is 19.6 Å². The molecule has 0 heterocycles. The summed E-state index contributed by atoms with van der Waals surface area (Å²) < 4.78 is 0. The van der Waals surface area contributed by atoms with Crippen LogP contribution in [0.15, 0.2) is 0 Å². The number of hydrogen-bond donors (Lipinski definition) is 2. The van der Waals surface area contributed by atoms with Gasteiger partial charge >= 0.3 is 0 Å². The molecule has 0 aliphatic carbocycles. The van der Waals surface area contributed by atoms with E-state index in [2.05, 4.69) is 33.0 Å². The second kappa shape index (κ2) is 7.24. The summed E-state index contributed by atoms with van der Waals surface area (Å²) in [7, 11) is 0. The topological polar surface area (TPSA) is 38.0 Å². The molecule has 0 aromatic carbocycles. The van der Waals surface area contributed by atoms with E-state index in [-0.39, 0.29) is 0 Å². The van der Waals surface area contributed by atoms with Gasteiger partial charge in [-0.3, -0.25) is 0 Å². The van der Waals surface area contributed by atoms with Gasteiger partial charge in [0, 0.05) is 0 Å². The van der Waals surface area contributed by atoms with E-state index in [4.69, 9.17) is 5.73 Å². The van der Waals surface area contributed by atoms with Crippen molar-refractivity contribution in [3.8, 4) is 0 Å². The van der Waals surface area contributed by atoms with Crippen LogP contribution in [0, 0.1) is 11.3 Å². The Morgan fingerprint density at radius 3 is 2.43 bits per heavy atom. The summed E-state index contributed by atoms with van der Waals surface area (Å²) in [6.07, 6.45) is 3.62. The molecule has 86 valence electrons. The Balaban J connectivity index is 3.55. The van der Waals surface area contributed by atoms with Gasteiger partial charge < -0.3 is 11.1 Å². The summed E-state index contributed by atoms with van der Waals surface area (Å²) in [4.78, 5) is 0. The molecule has 1 atom stereocenters. The highest BCUT2D eigenvalue weighted by Gasteiger charge is 2.23. The summed E-state index contributed by atoms with van der Waals surface area (Å²) in [5, 5.41) is 3.44. The Bertz CT molecular complexity index is 132. The number of nitrogens with one attached hydrogen (secondary N) is 1. The van der Waals surface area contributed by atoms with Crippen molar-refractivity contribution in [3.63, 3.8) is 0 Å². The molecule has 0 spiro atoms. The standard InChI is InChI=1S/C12H28N2/c1-5-11(2)12(3,4)7-10-14-9-6-8-13/h11,14H,5-10,13H2,1-4H3. The Hall–Kier alpha value is -0.0800. The minimum atomic E-state index is 0.463. The SMILES string of the molecule is CCC(C)C(C)(C)CCNCCCN. The molecule has 1 unspecified atom stereocenters. The van der Waals surface area contributed by atoms with Crippen LogP contribution in [0.5, 0.6) is 0 Å². The first-order valence-electron chi connectivity index (χ1n) is 5.95. The fourth-order valence-electron chi connectivity index (χ4n) is 1.56. The third kappa shape index (κ3) is 5.61. The van der Waals surface area contributed by atoms with Gasteiger partial charge in [-0.1, -0.05) is 34.1 Å². The van der Waals surface area contributed by atoms with E-state index in [9.17, 15) is 0 Å². The van der Waals surface area contributed by atoms with Gasteiger partial charge in [-0.15, -0.1) is 0 Å². The maximum absolute atomic E-state index is 5.43. The number of nitrogens with two attached hydrogens (primary N) is 1. The van der Waals surface area contributed by atoms with Crippen molar-refractivity contribution in [2.75, 3.05) is 19.6 Å². The molecule has 3 N–H and O–H groups in total. The van der Waals surface area contributed by atoms with Gasteiger partial charge in [-0.05, 0) is 43.8 Å². The monoisotopic (exact) mass is 200 g/mol. The second-order valence-corrected chi connectivity index (χ2v) is 4.94. The quantitative estimate of drug-likeness (QED) is 0.590. The third-order valence-electron chi connectivity index (χ3n) is 3.45. The van der Waals surface area contributed by atoms with Crippen LogP contribution in [0.25, 0.3) is 0 Å². The fraction of sp³-hybridized carbons (Fsp3) is 1.00. The molecule has 0 bridgehead atoms. The zero-order chi connectivity index (χ0) is 11.0. The lowest BCUT2D eigenvalue weighted by Crippen LogP contribution is -2.28. The molecule has 0 amide bonds. The molecule has 0 aromatic rings. The lowest BCUT2D eigenvalue weighted by Gasteiger charge is -2.31. The van der Waals surface area contributed by atoms with Crippen molar-refractivity contribution < 1.29 is 0 Å². The predicted molar refractivity (Wildman–Crippen MR) is 64.4 cm³/mol. The highest BCUT2D eigenvalue weighted by molar-refractivity contribution is 4.75. The molecule has 0 saturated carbocycles. The molecular formula is C12H28N2. The summed E-state index contributed by atoms with van der Waals surface area (Å²) >= 11 is 0. The van der Waals surface area contributed by atoms with Crippen molar-refractivity contribution in [2.45, 2.75) is 47.0 Å². The van der Waals surface area contributed by atoms with E-state index < -0.39 is 0 Å². The average molecular weight is 200 g/mol. The summed E-state index contributed by atoms with van der Waals surface area (Å²) in [6, 6.07) is 0. The van der Waals surface area contributed by atoms with E-state index >= 15 is 0 Å². The second-order valence-electron chi connectivity index (χ2n) is 4.94. The van der Waals surface area contributed by atoms with Crippen molar-refractivity contribution in [2.24, 2.45) is 17.1 Å². The Morgan fingerprint density at radius 1 is 1.29 bits per heavy atom. The van der Waals surface area contributed by atoms with Crippen LogP contribution < -0.4 is 11.1 Å². The minimum Gasteiger partial charge on any atom is -0.330 e. The molecule has 2 heteroatoms. The highest BCUT2D eigenvalue weighted by atomic mass is 14.8. The van der Waals surface area contributed by atoms with Gasteiger partial charge in [0.1, 0.15) is 0 Å². The van der Waals surface area contributed by atoms with Crippen LogP contribution in [0.4, 0.5) is 0 Å². The Labute approximate surface area is 89.6 Å². The largest absolute Gasteiger partial charge is 0.330 e. The van der Waals surface area contributed by atoms with Crippen molar-refractivity contribution in [1.29, 1.82) is 0 Å². The Morgan fingerprint density at radius 2 is 1.93 bits per heavy atom. The maximum Gasteiger partial charge on any atom is -0.00369 e. The van der Waals surface area contributed by atoms with Gasteiger partial charge in [0.15, 0.2) is 0 Å². The average Bonchev–Trinajstić information content (AvgIpc) is 2.16. The van der Waals surface area contributed by atoms with Gasteiger partial charge in [0.25, 0.3) is 0 Å². The van der Waals surface area contributed by atoms with Crippen LogP contribution >= 0.6 is 0 Å². The highest BCUT2D eigenvalue weighted by Crippen LogP contribution is 2.31. The van der Waals surface area contributed by atoms with Gasteiger partial charge in [0.2, 0.25) is 0 Å². The van der Waals surface area contributed by atoms with Gasteiger partial charge in [-0.2, -0.15) is 0 Å². The molecule has 14 heavy (non-hydrogen) atoms. The summed E-state index contributed by atoms with van der Waals surface area (Å²) in [5.41, 5.74) is 5.89. The minimum absolute atomic E-state index is 0.463. The van der Waals surface area contributed by atoms with E-state index in [1.54, 1.807) is 0 Å². The van der Waals surface area contributed by atoms with E-state index in [1.807, 2.05) is 0 Å². The lowest BCUT2D eigenvalue weighted by atomic mass is 9.76. The first kappa shape index (κ1) is 13.9. The third-order valence-corrected chi connectivity index (χ3v) is 3.45. The number of hydrogen-bond acceptors (Lipinski definition) is 2. The van der Waals surface area contributed by atoms with E-state index in [0.29, 0.717) is 5.41 Å². The van der Waals surface area contributed by atoms with Crippen LogP contribution in [0.3, 0.4) is 0 Å². The van der Waals surface area contributed by atoms with Gasteiger partial charge in [-0.25, -0.2) is 0 Å². The zero-order valence-corrected chi connectivity index (χ0v) is 10.4. The molecule has 0 fully saturated rings. The molecular weight excluding hydrogens is 172 g/mol. The fourth-order valence-corrected chi connectivity index (χ4v) is 1.56. The Kier molecular flexibility index (Phi) is 7.20. The molecule has 0 aliphatic rings.